The molecule has 3 aromatic rings. The fourth-order valence-electron chi connectivity index (χ4n) is 3.68. The van der Waals surface area contributed by atoms with Gasteiger partial charge in [0.25, 0.3) is 0 Å². The fourth-order valence-corrected chi connectivity index (χ4v) is 3.68. The van der Waals surface area contributed by atoms with Crippen molar-refractivity contribution >= 4 is 23.1 Å². The molecular weight excluding hydrogens is 501 g/mol. The highest BCUT2D eigenvalue weighted by atomic mass is 19.4. The molecule has 0 fully saturated rings. The molecule has 0 aliphatic rings. The molecule has 0 aliphatic carbocycles. The number of aryl methyl sites for hydroxylation is 1. The van der Waals surface area contributed by atoms with Crippen molar-refractivity contribution < 1.29 is 37.0 Å². The minimum atomic E-state index is -4.80. The van der Waals surface area contributed by atoms with Crippen LogP contribution in [0.25, 0.3) is 22.0 Å². The highest BCUT2D eigenvalue weighted by molar-refractivity contribution is 5.97. The van der Waals surface area contributed by atoms with Gasteiger partial charge in [0.15, 0.2) is 0 Å². The summed E-state index contributed by atoms with van der Waals surface area (Å²) in [6.07, 6.45) is -4.94. The van der Waals surface area contributed by atoms with Gasteiger partial charge in [-0.05, 0) is 95.0 Å². The van der Waals surface area contributed by atoms with Crippen molar-refractivity contribution in [2.75, 3.05) is 0 Å². The first-order valence-corrected chi connectivity index (χ1v) is 11.9. The largest absolute Gasteiger partial charge is 0.573 e. The standard InChI is InChI=1S/C28H31F3N2O5/c1-17-19(16-33(24(34)37-26(2,3)4)25(35)38-27(5,6)7)15-22(21-9-8-14-32-23(17)21)18-10-12-20(13-11-18)36-28(29,30)31/h8-15H,16H2,1-7H3. The Balaban J connectivity index is 2.09. The number of ether oxygens (including phenoxy) is 3. The summed E-state index contributed by atoms with van der Waals surface area (Å²) in [6, 6.07) is 10.8. The first kappa shape index (κ1) is 28.7. The lowest BCUT2D eigenvalue weighted by atomic mass is 9.94. The van der Waals surface area contributed by atoms with E-state index in [1.165, 1.54) is 24.3 Å². The molecule has 204 valence electrons. The molecule has 0 saturated heterocycles. The Morgan fingerprint density at radius 2 is 1.45 bits per heavy atom. The number of imide groups is 1. The number of carbonyl (C=O) groups is 2. The number of alkyl halides is 3. The third-order valence-corrected chi connectivity index (χ3v) is 5.21. The predicted molar refractivity (Wildman–Crippen MR) is 137 cm³/mol. The molecular formula is C28H31F3N2O5. The Hall–Kier alpha value is -3.82. The summed E-state index contributed by atoms with van der Waals surface area (Å²) in [7, 11) is 0. The number of hydrogen-bond donors (Lipinski definition) is 0. The van der Waals surface area contributed by atoms with E-state index in [2.05, 4.69) is 9.72 Å². The summed E-state index contributed by atoms with van der Waals surface area (Å²) >= 11 is 0. The van der Waals surface area contributed by atoms with Gasteiger partial charge in [-0.15, -0.1) is 13.2 Å². The lowest BCUT2D eigenvalue weighted by Gasteiger charge is -2.29. The molecule has 0 aliphatic heterocycles. The van der Waals surface area contributed by atoms with Gasteiger partial charge >= 0.3 is 18.5 Å². The maximum absolute atomic E-state index is 13.1. The summed E-state index contributed by atoms with van der Waals surface area (Å²) in [4.78, 5) is 31.5. The van der Waals surface area contributed by atoms with Crippen molar-refractivity contribution in [1.29, 1.82) is 0 Å². The first-order chi connectivity index (χ1) is 17.4. The zero-order chi connectivity index (χ0) is 28.5. The number of hydrogen-bond acceptors (Lipinski definition) is 6. The molecule has 0 bridgehead atoms. The number of halogens is 3. The molecule has 0 radical (unpaired) electrons. The van der Waals surface area contributed by atoms with Crippen LogP contribution >= 0.6 is 0 Å². The van der Waals surface area contributed by atoms with Gasteiger partial charge in [0.2, 0.25) is 0 Å². The number of amides is 2. The van der Waals surface area contributed by atoms with Crippen LogP contribution in [0.3, 0.4) is 0 Å². The van der Waals surface area contributed by atoms with E-state index in [9.17, 15) is 22.8 Å². The average Bonchev–Trinajstić information content (AvgIpc) is 2.76. The molecule has 0 saturated carbocycles. The summed E-state index contributed by atoms with van der Waals surface area (Å²) in [5.41, 5.74) is 1.45. The van der Waals surface area contributed by atoms with Crippen molar-refractivity contribution in [3.8, 4) is 16.9 Å². The number of fused-ring (bicyclic) bond motifs is 1. The highest BCUT2D eigenvalue weighted by Gasteiger charge is 2.33. The predicted octanol–water partition coefficient (Wildman–Crippen LogP) is 7.78. The minimum Gasteiger partial charge on any atom is -0.443 e. The van der Waals surface area contributed by atoms with Gasteiger partial charge in [0, 0.05) is 11.6 Å². The lowest BCUT2D eigenvalue weighted by molar-refractivity contribution is -0.274. The van der Waals surface area contributed by atoms with Crippen molar-refractivity contribution in [1.82, 2.24) is 9.88 Å². The van der Waals surface area contributed by atoms with Crippen LogP contribution in [0, 0.1) is 6.92 Å². The summed E-state index contributed by atoms with van der Waals surface area (Å²) in [5.74, 6) is -0.350. The second-order valence-electron chi connectivity index (χ2n) is 10.7. The van der Waals surface area contributed by atoms with Crippen LogP contribution in [0.2, 0.25) is 0 Å². The molecule has 7 nitrogen and oxygen atoms in total. The van der Waals surface area contributed by atoms with Gasteiger partial charge in [-0.1, -0.05) is 18.2 Å². The monoisotopic (exact) mass is 532 g/mol. The summed E-state index contributed by atoms with van der Waals surface area (Å²) in [5, 5.41) is 0.749. The summed E-state index contributed by atoms with van der Waals surface area (Å²) < 4.78 is 52.8. The highest BCUT2D eigenvalue weighted by Crippen LogP contribution is 2.34. The average molecular weight is 533 g/mol. The number of nitrogens with zero attached hydrogens (tertiary/aromatic N) is 2. The zero-order valence-corrected chi connectivity index (χ0v) is 22.4. The lowest BCUT2D eigenvalue weighted by Crippen LogP contribution is -2.43. The quantitative estimate of drug-likeness (QED) is 0.341. The van der Waals surface area contributed by atoms with Gasteiger partial charge in [0.1, 0.15) is 17.0 Å². The minimum absolute atomic E-state index is 0.176. The third kappa shape index (κ3) is 7.60. The molecule has 10 heteroatoms. The smallest absolute Gasteiger partial charge is 0.443 e. The second-order valence-corrected chi connectivity index (χ2v) is 10.7. The van der Waals surface area contributed by atoms with Crippen LogP contribution in [-0.4, -0.2) is 39.6 Å². The maximum atomic E-state index is 13.1. The zero-order valence-electron chi connectivity index (χ0n) is 22.4. The maximum Gasteiger partial charge on any atom is 0.573 e. The van der Waals surface area contributed by atoms with E-state index in [0.717, 1.165) is 15.8 Å². The SMILES string of the molecule is Cc1c(CN(C(=O)OC(C)(C)C)C(=O)OC(C)(C)C)cc(-c2ccc(OC(F)(F)F)cc2)c2cccnc12. The van der Waals surface area contributed by atoms with Crippen LogP contribution in [0.1, 0.15) is 52.7 Å². The normalized spacial score (nSPS) is 12.3. The Labute approximate surface area is 219 Å². The van der Waals surface area contributed by atoms with Crippen LogP contribution in [0.15, 0.2) is 48.7 Å². The van der Waals surface area contributed by atoms with Gasteiger partial charge in [0.05, 0.1) is 12.1 Å². The van der Waals surface area contributed by atoms with Crippen LogP contribution < -0.4 is 4.74 Å². The molecule has 2 amide bonds. The summed E-state index contributed by atoms with van der Waals surface area (Å²) in [6.45, 7) is 11.8. The molecule has 38 heavy (non-hydrogen) atoms. The van der Waals surface area contributed by atoms with Crippen LogP contribution in [-0.2, 0) is 16.0 Å². The van der Waals surface area contributed by atoms with Crippen molar-refractivity contribution in [2.24, 2.45) is 0 Å². The van der Waals surface area contributed by atoms with Crippen LogP contribution in [0.5, 0.6) is 5.75 Å². The van der Waals surface area contributed by atoms with E-state index in [4.69, 9.17) is 9.47 Å². The number of carbonyl (C=O) groups excluding carboxylic acids is 2. The molecule has 3 rings (SSSR count). The Kier molecular flexibility index (Phi) is 7.95. The second kappa shape index (κ2) is 10.5. The molecule has 0 spiro atoms. The Morgan fingerprint density at radius 3 is 1.95 bits per heavy atom. The molecule has 0 unspecified atom stereocenters. The van der Waals surface area contributed by atoms with Gasteiger partial charge in [-0.3, -0.25) is 4.98 Å². The van der Waals surface area contributed by atoms with Gasteiger partial charge in [-0.25, -0.2) is 14.5 Å². The van der Waals surface area contributed by atoms with Gasteiger partial charge < -0.3 is 14.2 Å². The van der Waals surface area contributed by atoms with E-state index in [0.29, 0.717) is 22.2 Å². The number of aromatic nitrogens is 1. The topological polar surface area (TPSA) is 78.0 Å². The van der Waals surface area contributed by atoms with E-state index in [1.54, 1.807) is 59.9 Å². The number of rotatable bonds is 4. The molecule has 0 N–H and O–H groups in total. The molecule has 2 aromatic carbocycles. The Bertz CT molecular complexity index is 1300. The number of pyridine rings is 1. The van der Waals surface area contributed by atoms with Gasteiger partial charge in [-0.2, -0.15) is 0 Å². The van der Waals surface area contributed by atoms with E-state index >= 15 is 0 Å². The molecule has 1 aromatic heterocycles. The molecule has 0 atom stereocenters. The van der Waals surface area contributed by atoms with E-state index in [-0.39, 0.29) is 12.3 Å². The fraction of sp³-hybridized carbons (Fsp3) is 0.393. The van der Waals surface area contributed by atoms with Crippen molar-refractivity contribution in [3.63, 3.8) is 0 Å². The Morgan fingerprint density at radius 1 is 0.895 bits per heavy atom. The van der Waals surface area contributed by atoms with Crippen LogP contribution in [0.4, 0.5) is 22.8 Å². The van der Waals surface area contributed by atoms with E-state index < -0.39 is 29.8 Å². The van der Waals surface area contributed by atoms with Crippen molar-refractivity contribution in [3.05, 3.63) is 59.8 Å². The van der Waals surface area contributed by atoms with E-state index in [1.807, 2.05) is 13.0 Å². The third-order valence-electron chi connectivity index (χ3n) is 5.21. The van der Waals surface area contributed by atoms with Crippen molar-refractivity contribution in [2.45, 2.75) is 72.6 Å². The number of benzene rings is 2. The first-order valence-electron chi connectivity index (χ1n) is 11.9. The molecule has 1 heterocycles.